The minimum atomic E-state index is -1.35. The number of fused-ring (bicyclic) bond motifs is 4. The molecule has 6 nitrogen and oxygen atoms in total. The van der Waals surface area contributed by atoms with Gasteiger partial charge in [0.05, 0.1) is 25.4 Å². The third-order valence-electron chi connectivity index (χ3n) is 5.78. The molecule has 2 spiro atoms. The summed E-state index contributed by atoms with van der Waals surface area (Å²) in [4.78, 5) is 4.29. The van der Waals surface area contributed by atoms with Gasteiger partial charge in [0, 0.05) is 5.41 Å². The van der Waals surface area contributed by atoms with Gasteiger partial charge in [0.15, 0.2) is 5.41 Å². The van der Waals surface area contributed by atoms with Gasteiger partial charge >= 0.3 is 0 Å². The monoisotopic (exact) mass is 272 g/mol. The second-order valence-electron chi connectivity index (χ2n) is 6.14. The molecule has 2 heterocycles. The summed E-state index contributed by atoms with van der Waals surface area (Å²) in [7, 11) is 0. The van der Waals surface area contributed by atoms with E-state index < -0.39 is 22.2 Å². The maximum absolute atomic E-state index is 9.93. The molecule has 0 amide bonds. The number of nitrogens with two attached hydrogens (primary N) is 1. The van der Waals surface area contributed by atoms with E-state index in [0.29, 0.717) is 13.2 Å². The molecule has 3 fully saturated rings. The Morgan fingerprint density at radius 3 is 2.25 bits per heavy atom. The molecule has 20 heavy (non-hydrogen) atoms. The molecule has 0 bridgehead atoms. The first-order valence-electron chi connectivity index (χ1n) is 7.13. The topological polar surface area (TPSA) is 104 Å². The van der Waals surface area contributed by atoms with E-state index in [-0.39, 0.29) is 5.84 Å². The SMILES string of the molecule is N#C[C@@]12C3(N=C(N)[C@@]1(C#N)C21CCCCC1)OCCO3. The third-order valence-corrected chi connectivity index (χ3v) is 5.78. The van der Waals surface area contributed by atoms with E-state index in [9.17, 15) is 10.5 Å². The molecule has 2 atom stereocenters. The lowest BCUT2D eigenvalue weighted by Gasteiger charge is -2.33. The Kier molecular flexibility index (Phi) is 2.02. The smallest absolute Gasteiger partial charge is 0.293 e. The molecule has 2 saturated carbocycles. The molecule has 0 aromatic heterocycles. The molecule has 0 aromatic rings. The first-order valence-corrected chi connectivity index (χ1v) is 7.13. The van der Waals surface area contributed by atoms with Crippen molar-refractivity contribution in [1.82, 2.24) is 0 Å². The van der Waals surface area contributed by atoms with E-state index in [0.717, 1.165) is 32.1 Å². The molecular weight excluding hydrogens is 256 g/mol. The van der Waals surface area contributed by atoms with Crippen LogP contribution in [-0.2, 0) is 9.47 Å². The predicted molar refractivity (Wildman–Crippen MR) is 67.9 cm³/mol. The van der Waals surface area contributed by atoms with E-state index in [2.05, 4.69) is 17.1 Å². The highest BCUT2D eigenvalue weighted by Crippen LogP contribution is 2.89. The Bertz CT molecular complexity index is 589. The summed E-state index contributed by atoms with van der Waals surface area (Å²) in [6.45, 7) is 0.773. The van der Waals surface area contributed by atoms with Gasteiger partial charge in [-0.3, -0.25) is 0 Å². The average Bonchev–Trinajstić information content (AvgIpc) is 2.77. The summed E-state index contributed by atoms with van der Waals surface area (Å²) < 4.78 is 11.4. The van der Waals surface area contributed by atoms with Crippen LogP contribution < -0.4 is 5.73 Å². The standard InChI is InChI=1S/C14H16N4O2/c15-8-12-10(17)18-14(19-6-7-20-14)13(12,9-16)11(12)4-2-1-3-5-11/h1-7H2,(H2,17,18)/t12-,13-/m0/s1. The van der Waals surface area contributed by atoms with Gasteiger partial charge in [-0.15, -0.1) is 0 Å². The fourth-order valence-electron chi connectivity index (χ4n) is 5.09. The van der Waals surface area contributed by atoms with Crippen LogP contribution in [0.5, 0.6) is 0 Å². The van der Waals surface area contributed by atoms with Gasteiger partial charge in [-0.2, -0.15) is 10.5 Å². The highest BCUT2D eigenvalue weighted by atomic mass is 16.8. The van der Waals surface area contributed by atoms with E-state index in [1.165, 1.54) is 0 Å². The van der Waals surface area contributed by atoms with Crippen molar-refractivity contribution < 1.29 is 9.47 Å². The summed E-state index contributed by atoms with van der Waals surface area (Å²) >= 11 is 0. The number of amidine groups is 1. The molecule has 6 heteroatoms. The van der Waals surface area contributed by atoms with Crippen LogP contribution in [-0.4, -0.2) is 25.0 Å². The molecule has 1 saturated heterocycles. The van der Waals surface area contributed by atoms with Gasteiger partial charge in [-0.25, -0.2) is 4.99 Å². The van der Waals surface area contributed by atoms with Crippen LogP contribution in [0.25, 0.3) is 0 Å². The molecule has 0 unspecified atom stereocenters. The van der Waals surface area contributed by atoms with Crippen LogP contribution in [0.3, 0.4) is 0 Å². The number of hydrogen-bond acceptors (Lipinski definition) is 6. The van der Waals surface area contributed by atoms with Crippen molar-refractivity contribution in [3.05, 3.63) is 0 Å². The lowest BCUT2D eigenvalue weighted by molar-refractivity contribution is -0.193. The number of hydrogen-bond donors (Lipinski definition) is 1. The Hall–Kier alpha value is -1.63. The number of nitriles is 2. The molecule has 4 rings (SSSR count). The van der Waals surface area contributed by atoms with Crippen molar-refractivity contribution in [2.24, 2.45) is 27.0 Å². The lowest BCUT2D eigenvalue weighted by Crippen LogP contribution is -2.42. The zero-order valence-corrected chi connectivity index (χ0v) is 11.2. The van der Waals surface area contributed by atoms with Crippen LogP contribution in [0.1, 0.15) is 32.1 Å². The number of ether oxygens (including phenoxy) is 2. The van der Waals surface area contributed by atoms with Crippen LogP contribution in [0.2, 0.25) is 0 Å². The Morgan fingerprint density at radius 1 is 1.05 bits per heavy atom. The molecule has 4 aliphatic rings. The van der Waals surface area contributed by atoms with Crippen molar-refractivity contribution >= 4 is 5.84 Å². The first-order chi connectivity index (χ1) is 9.66. The quantitative estimate of drug-likeness (QED) is 0.709. The predicted octanol–water partition coefficient (Wildman–Crippen LogP) is 1.04. The summed E-state index contributed by atoms with van der Waals surface area (Å²) in [5.41, 5.74) is 3.56. The molecule has 0 aromatic carbocycles. The first kappa shape index (κ1) is 12.1. The zero-order chi connectivity index (χ0) is 14.1. The van der Waals surface area contributed by atoms with Crippen LogP contribution in [0, 0.1) is 38.9 Å². The number of rotatable bonds is 0. The summed E-state index contributed by atoms with van der Waals surface area (Å²) in [5.74, 6) is -1.12. The number of nitrogens with zero attached hydrogens (tertiary/aromatic N) is 3. The number of aliphatic imine (C=N–C) groups is 1. The molecule has 2 N–H and O–H groups in total. The van der Waals surface area contributed by atoms with Gasteiger partial charge < -0.3 is 15.2 Å². The van der Waals surface area contributed by atoms with Crippen LogP contribution in [0.4, 0.5) is 0 Å². The zero-order valence-electron chi connectivity index (χ0n) is 11.2. The molecule has 0 radical (unpaired) electrons. The van der Waals surface area contributed by atoms with Gasteiger partial charge in [-0.05, 0) is 12.8 Å². The highest BCUT2D eigenvalue weighted by molar-refractivity contribution is 6.00. The van der Waals surface area contributed by atoms with Crippen molar-refractivity contribution in [3.63, 3.8) is 0 Å². The van der Waals surface area contributed by atoms with E-state index in [1.807, 2.05) is 0 Å². The van der Waals surface area contributed by atoms with E-state index >= 15 is 0 Å². The highest BCUT2D eigenvalue weighted by Gasteiger charge is 3.00. The molecular formula is C14H16N4O2. The lowest BCUT2D eigenvalue weighted by atomic mass is 9.76. The van der Waals surface area contributed by atoms with Gasteiger partial charge in [0.2, 0.25) is 0 Å². The summed E-state index contributed by atoms with van der Waals surface area (Å²) in [5, 5.41) is 19.8. The average molecular weight is 272 g/mol. The van der Waals surface area contributed by atoms with Crippen LogP contribution in [0.15, 0.2) is 4.99 Å². The second-order valence-corrected chi connectivity index (χ2v) is 6.14. The second kappa shape index (κ2) is 3.33. The minimum absolute atomic E-state index is 0.227. The Morgan fingerprint density at radius 2 is 1.70 bits per heavy atom. The fraction of sp³-hybridized carbons (Fsp3) is 0.786. The van der Waals surface area contributed by atoms with Crippen molar-refractivity contribution in [2.45, 2.75) is 38.0 Å². The third kappa shape index (κ3) is 0.827. The largest absolute Gasteiger partial charge is 0.386 e. The Balaban J connectivity index is 1.95. The maximum atomic E-state index is 9.93. The van der Waals surface area contributed by atoms with Crippen molar-refractivity contribution in [1.29, 1.82) is 10.5 Å². The normalized spacial score (nSPS) is 42.8. The molecule has 2 aliphatic heterocycles. The maximum Gasteiger partial charge on any atom is 0.293 e. The van der Waals surface area contributed by atoms with Crippen molar-refractivity contribution in [2.75, 3.05) is 13.2 Å². The van der Waals surface area contributed by atoms with Gasteiger partial charge in [0.25, 0.3) is 5.91 Å². The van der Waals surface area contributed by atoms with Gasteiger partial charge in [-0.1, -0.05) is 19.3 Å². The molecule has 2 aliphatic carbocycles. The van der Waals surface area contributed by atoms with E-state index in [4.69, 9.17) is 15.2 Å². The van der Waals surface area contributed by atoms with Crippen LogP contribution >= 0.6 is 0 Å². The molecule has 104 valence electrons. The summed E-state index contributed by atoms with van der Waals surface area (Å²) in [6.07, 6.45) is 4.79. The fourth-order valence-corrected chi connectivity index (χ4v) is 5.09. The van der Waals surface area contributed by atoms with Crippen molar-refractivity contribution in [3.8, 4) is 12.1 Å². The van der Waals surface area contributed by atoms with Gasteiger partial charge in [0.1, 0.15) is 11.3 Å². The Labute approximate surface area is 117 Å². The summed E-state index contributed by atoms with van der Waals surface area (Å²) in [6, 6.07) is 4.69. The minimum Gasteiger partial charge on any atom is -0.386 e. The van der Waals surface area contributed by atoms with E-state index in [1.54, 1.807) is 0 Å².